The van der Waals surface area contributed by atoms with Crippen molar-refractivity contribution in [2.75, 3.05) is 6.61 Å². The summed E-state index contributed by atoms with van der Waals surface area (Å²) >= 11 is 1.59. The Labute approximate surface area is 117 Å². The van der Waals surface area contributed by atoms with Gasteiger partial charge in [0, 0.05) is 11.8 Å². The lowest BCUT2D eigenvalue weighted by molar-refractivity contribution is 0.319. The van der Waals surface area contributed by atoms with E-state index in [0.717, 1.165) is 28.4 Å². The van der Waals surface area contributed by atoms with Crippen LogP contribution in [0.2, 0.25) is 0 Å². The molecule has 4 heteroatoms. The van der Waals surface area contributed by atoms with Gasteiger partial charge in [-0.05, 0) is 31.0 Å². The minimum absolute atomic E-state index is 0.383. The van der Waals surface area contributed by atoms with Crippen LogP contribution in [0.15, 0.2) is 23.6 Å². The summed E-state index contributed by atoms with van der Waals surface area (Å²) in [4.78, 5) is 4.39. The topological polar surface area (TPSA) is 45.9 Å². The largest absolute Gasteiger partial charge is 0.493 e. The van der Waals surface area contributed by atoms with Gasteiger partial charge in [0.2, 0.25) is 0 Å². The van der Waals surface area contributed by atoms with Crippen LogP contribution < -0.4 is 4.74 Å². The molecule has 0 aliphatic carbocycles. The van der Waals surface area contributed by atoms with Crippen molar-refractivity contribution in [1.82, 2.24) is 4.98 Å². The van der Waals surface area contributed by atoms with E-state index in [1.165, 1.54) is 5.56 Å². The summed E-state index contributed by atoms with van der Waals surface area (Å²) in [5, 5.41) is 11.6. The van der Waals surface area contributed by atoms with Gasteiger partial charge >= 0.3 is 0 Å². The lowest BCUT2D eigenvalue weighted by Gasteiger charge is -2.08. The third kappa shape index (κ3) is 3.80. The maximum Gasteiger partial charge on any atom is 0.122 e. The van der Waals surface area contributed by atoms with Crippen LogP contribution in [0.5, 0.6) is 5.75 Å². The second kappa shape index (κ2) is 6.35. The second-order valence-corrected chi connectivity index (χ2v) is 5.38. The van der Waals surface area contributed by atoms with E-state index >= 15 is 0 Å². The number of nitriles is 1. The molecule has 1 aromatic carbocycles. The number of hydrogen-bond donors (Lipinski definition) is 0. The smallest absolute Gasteiger partial charge is 0.122 e. The van der Waals surface area contributed by atoms with Gasteiger partial charge in [0.1, 0.15) is 5.75 Å². The van der Waals surface area contributed by atoms with Gasteiger partial charge in [-0.25, -0.2) is 4.98 Å². The van der Waals surface area contributed by atoms with Crippen LogP contribution in [0.3, 0.4) is 0 Å². The molecule has 1 heterocycles. The molecule has 2 rings (SSSR count). The number of aromatic nitrogens is 1. The number of hydrogen-bond acceptors (Lipinski definition) is 4. The van der Waals surface area contributed by atoms with Crippen LogP contribution in [0, 0.1) is 25.2 Å². The number of rotatable bonds is 5. The Bertz CT molecular complexity index is 598. The van der Waals surface area contributed by atoms with Gasteiger partial charge in [-0.15, -0.1) is 11.3 Å². The predicted octanol–water partition coefficient (Wildman–Crippen LogP) is 3.45. The summed E-state index contributed by atoms with van der Waals surface area (Å²) in [5.41, 5.74) is 3.20. The summed E-state index contributed by atoms with van der Waals surface area (Å²) in [5.74, 6) is 0.939. The molecule has 0 N–H and O–H groups in total. The fourth-order valence-electron chi connectivity index (χ4n) is 1.74. The van der Waals surface area contributed by atoms with Gasteiger partial charge < -0.3 is 4.74 Å². The Morgan fingerprint density at radius 1 is 1.37 bits per heavy atom. The van der Waals surface area contributed by atoms with Crippen LogP contribution in [0.4, 0.5) is 0 Å². The fraction of sp³-hybridized carbons (Fsp3) is 0.333. The van der Waals surface area contributed by atoms with Gasteiger partial charge in [-0.2, -0.15) is 5.26 Å². The highest BCUT2D eigenvalue weighted by Crippen LogP contribution is 2.19. The monoisotopic (exact) mass is 272 g/mol. The van der Waals surface area contributed by atoms with E-state index in [9.17, 15) is 0 Å². The number of aryl methyl sites for hydroxylation is 2. The van der Waals surface area contributed by atoms with E-state index in [4.69, 9.17) is 10.00 Å². The van der Waals surface area contributed by atoms with Crippen LogP contribution in [-0.2, 0) is 12.8 Å². The Morgan fingerprint density at radius 2 is 2.21 bits per heavy atom. The van der Waals surface area contributed by atoms with Gasteiger partial charge in [0.15, 0.2) is 0 Å². The Balaban J connectivity index is 1.89. The Kier molecular flexibility index (Phi) is 4.53. The lowest BCUT2D eigenvalue weighted by atomic mass is 10.1. The molecule has 0 aliphatic heterocycles. The Morgan fingerprint density at radius 3 is 3.00 bits per heavy atom. The summed E-state index contributed by atoms with van der Waals surface area (Å²) in [6.45, 7) is 4.72. The van der Waals surface area contributed by atoms with Crippen molar-refractivity contribution < 1.29 is 4.74 Å². The van der Waals surface area contributed by atoms with Crippen molar-refractivity contribution in [2.24, 2.45) is 0 Å². The molecule has 19 heavy (non-hydrogen) atoms. The first-order valence-corrected chi connectivity index (χ1v) is 7.07. The highest BCUT2D eigenvalue weighted by atomic mass is 32.1. The fourth-order valence-corrected chi connectivity index (χ4v) is 2.52. The van der Waals surface area contributed by atoms with Gasteiger partial charge in [-0.1, -0.05) is 12.1 Å². The molecule has 1 aromatic heterocycles. The van der Waals surface area contributed by atoms with Crippen molar-refractivity contribution in [3.63, 3.8) is 0 Å². The predicted molar refractivity (Wildman–Crippen MR) is 76.5 cm³/mol. The van der Waals surface area contributed by atoms with E-state index in [1.807, 2.05) is 12.3 Å². The first kappa shape index (κ1) is 13.6. The molecule has 0 radical (unpaired) electrons. The maximum absolute atomic E-state index is 8.60. The van der Waals surface area contributed by atoms with E-state index in [2.05, 4.69) is 36.2 Å². The first-order valence-electron chi connectivity index (χ1n) is 6.19. The zero-order valence-corrected chi connectivity index (χ0v) is 12.0. The number of ether oxygens (including phenoxy) is 1. The van der Waals surface area contributed by atoms with Gasteiger partial charge in [0.25, 0.3) is 0 Å². The third-order valence-electron chi connectivity index (χ3n) is 2.78. The van der Waals surface area contributed by atoms with Crippen molar-refractivity contribution in [3.8, 4) is 11.8 Å². The number of thiazole rings is 1. The summed E-state index contributed by atoms with van der Waals surface area (Å²) < 4.78 is 5.79. The third-order valence-corrected chi connectivity index (χ3v) is 3.73. The zero-order valence-electron chi connectivity index (χ0n) is 11.1. The average Bonchev–Trinajstić information content (AvgIpc) is 2.82. The lowest BCUT2D eigenvalue weighted by Crippen LogP contribution is -2.02. The normalized spacial score (nSPS) is 10.2. The van der Waals surface area contributed by atoms with E-state index in [-0.39, 0.29) is 0 Å². The van der Waals surface area contributed by atoms with Crippen molar-refractivity contribution in [1.29, 1.82) is 5.26 Å². The molecule has 0 amide bonds. The molecule has 98 valence electrons. The van der Waals surface area contributed by atoms with E-state index < -0.39 is 0 Å². The molecule has 0 bridgehead atoms. The molecule has 0 atom stereocenters. The molecular formula is C15H16N2OS. The van der Waals surface area contributed by atoms with Crippen LogP contribution in [0.1, 0.15) is 21.8 Å². The minimum Gasteiger partial charge on any atom is -0.493 e. The van der Waals surface area contributed by atoms with Gasteiger partial charge in [-0.3, -0.25) is 0 Å². The number of nitrogens with zero attached hydrogens (tertiary/aromatic N) is 2. The van der Waals surface area contributed by atoms with Crippen molar-refractivity contribution in [2.45, 2.75) is 26.7 Å². The molecule has 2 aromatic rings. The van der Waals surface area contributed by atoms with Gasteiger partial charge in [0.05, 0.1) is 29.8 Å². The van der Waals surface area contributed by atoms with Crippen LogP contribution in [-0.4, -0.2) is 11.6 Å². The molecule has 0 unspecified atom stereocenters. The summed E-state index contributed by atoms with van der Waals surface area (Å²) in [6, 6.07) is 8.31. The number of benzene rings is 1. The minimum atomic E-state index is 0.383. The molecule has 0 saturated carbocycles. The highest BCUT2D eigenvalue weighted by Gasteiger charge is 2.04. The first-order chi connectivity index (χ1) is 9.19. The van der Waals surface area contributed by atoms with E-state index in [0.29, 0.717) is 13.0 Å². The molecular weight excluding hydrogens is 256 g/mol. The molecule has 0 spiro atoms. The molecule has 3 nitrogen and oxygen atoms in total. The highest BCUT2D eigenvalue weighted by molar-refractivity contribution is 7.09. The summed E-state index contributed by atoms with van der Waals surface area (Å²) in [6.07, 6.45) is 1.16. The van der Waals surface area contributed by atoms with Crippen molar-refractivity contribution >= 4 is 11.3 Å². The van der Waals surface area contributed by atoms with Crippen LogP contribution in [0.25, 0.3) is 0 Å². The molecule has 0 saturated heterocycles. The van der Waals surface area contributed by atoms with Crippen LogP contribution >= 0.6 is 11.3 Å². The quantitative estimate of drug-likeness (QED) is 0.837. The summed E-state index contributed by atoms with van der Waals surface area (Å²) in [7, 11) is 0. The van der Waals surface area contributed by atoms with Crippen molar-refractivity contribution in [3.05, 3.63) is 45.4 Å². The average molecular weight is 272 g/mol. The zero-order chi connectivity index (χ0) is 13.7. The Hall–Kier alpha value is -1.86. The molecule has 0 aliphatic rings. The maximum atomic E-state index is 8.60. The molecule has 0 fully saturated rings. The second-order valence-electron chi connectivity index (χ2n) is 4.43. The van der Waals surface area contributed by atoms with E-state index in [1.54, 1.807) is 11.3 Å². The standard InChI is InChI=1S/C15H16N2OS/c1-11-3-4-12(2)14(9-11)18-8-6-15-17-13(5-7-16)10-19-15/h3-4,9-10H,5-6,8H2,1-2H3. The SMILES string of the molecule is Cc1ccc(C)c(OCCc2nc(CC#N)cs2)c1.